The maximum atomic E-state index is 6.19. The lowest BCUT2D eigenvalue weighted by Crippen LogP contribution is -2.11. The second-order valence-corrected chi connectivity index (χ2v) is 6.24. The molecule has 2 nitrogen and oxygen atoms in total. The monoisotopic (exact) mass is 402 g/mol. The quantitative estimate of drug-likeness (QED) is 0.581. The molecular weight excluding hydrogens is 391 g/mol. The van der Waals surface area contributed by atoms with Crippen LogP contribution in [0, 0.1) is 10.5 Å². The minimum Gasteiger partial charge on any atom is -0.389 e. The van der Waals surface area contributed by atoms with Crippen LogP contribution in [-0.4, -0.2) is 4.99 Å². The third kappa shape index (κ3) is 3.58. The summed E-state index contributed by atoms with van der Waals surface area (Å²) in [7, 11) is 0. The van der Waals surface area contributed by atoms with Crippen molar-refractivity contribution in [2.45, 2.75) is 6.92 Å². The van der Waals surface area contributed by atoms with Gasteiger partial charge in [0.25, 0.3) is 0 Å². The summed E-state index contributed by atoms with van der Waals surface area (Å²) in [6, 6.07) is 11.7. The molecule has 3 N–H and O–H groups in total. The van der Waals surface area contributed by atoms with Gasteiger partial charge in [-0.25, -0.2) is 0 Å². The third-order valence-electron chi connectivity index (χ3n) is 2.70. The van der Waals surface area contributed by atoms with E-state index in [4.69, 9.17) is 29.6 Å². The molecule has 0 spiro atoms. The predicted octanol–water partition coefficient (Wildman–Crippen LogP) is 4.63. The highest BCUT2D eigenvalue weighted by molar-refractivity contribution is 14.1. The van der Waals surface area contributed by atoms with Gasteiger partial charge in [0.05, 0.1) is 10.7 Å². The molecule has 0 saturated carbocycles. The molecule has 0 radical (unpaired) electrons. The van der Waals surface area contributed by atoms with E-state index >= 15 is 0 Å². The Labute approximate surface area is 136 Å². The van der Waals surface area contributed by atoms with Crippen LogP contribution >= 0.6 is 46.4 Å². The van der Waals surface area contributed by atoms with Gasteiger partial charge in [0.2, 0.25) is 0 Å². The third-order valence-corrected chi connectivity index (χ3v) is 3.91. The first-order chi connectivity index (χ1) is 8.97. The average molecular weight is 403 g/mol. The molecule has 0 fully saturated rings. The van der Waals surface area contributed by atoms with Crippen LogP contribution in [0.3, 0.4) is 0 Å². The van der Waals surface area contributed by atoms with E-state index in [-0.39, 0.29) is 0 Å². The molecule has 0 aliphatic heterocycles. The van der Waals surface area contributed by atoms with E-state index in [1.807, 2.05) is 43.3 Å². The number of hydrogen-bond acceptors (Lipinski definition) is 2. The first-order valence-corrected chi connectivity index (χ1v) is 7.46. The molecule has 2 aromatic rings. The summed E-state index contributed by atoms with van der Waals surface area (Å²) in [6.45, 7) is 1.98. The van der Waals surface area contributed by atoms with Crippen molar-refractivity contribution >= 4 is 62.8 Å². The minimum atomic E-state index is 0.413. The van der Waals surface area contributed by atoms with E-state index in [1.54, 1.807) is 0 Å². The van der Waals surface area contributed by atoms with Crippen LogP contribution < -0.4 is 11.1 Å². The van der Waals surface area contributed by atoms with E-state index in [1.165, 1.54) is 0 Å². The van der Waals surface area contributed by atoms with E-state index < -0.39 is 0 Å². The number of rotatable bonds is 3. The summed E-state index contributed by atoms with van der Waals surface area (Å²) < 4.78 is 1.10. The molecule has 0 aliphatic rings. The van der Waals surface area contributed by atoms with E-state index in [0.29, 0.717) is 10.0 Å². The van der Waals surface area contributed by atoms with Crippen molar-refractivity contribution in [2.75, 3.05) is 5.32 Å². The Hall–Kier alpha value is -0.850. The fraction of sp³-hybridized carbons (Fsp3) is 0.0714. The molecule has 0 aliphatic carbocycles. The molecule has 19 heavy (non-hydrogen) atoms. The Morgan fingerprint density at radius 1 is 1.26 bits per heavy atom. The van der Waals surface area contributed by atoms with Crippen LogP contribution in [-0.2, 0) is 0 Å². The lowest BCUT2D eigenvalue weighted by atomic mass is 10.1. The fourth-order valence-electron chi connectivity index (χ4n) is 1.76. The average Bonchev–Trinajstić information content (AvgIpc) is 2.32. The summed E-state index contributed by atoms with van der Waals surface area (Å²) in [5.74, 6) is 0. The predicted molar refractivity (Wildman–Crippen MR) is 94.5 cm³/mol. The Kier molecular flexibility index (Phi) is 4.65. The van der Waals surface area contributed by atoms with Crippen LogP contribution in [0.1, 0.15) is 11.1 Å². The second-order valence-electron chi connectivity index (χ2n) is 4.14. The number of aryl methyl sites for hydroxylation is 1. The van der Waals surface area contributed by atoms with Gasteiger partial charge in [-0.3, -0.25) is 0 Å². The number of nitrogens with two attached hydrogens (primary N) is 1. The number of nitrogens with one attached hydrogen (secondary N) is 1. The van der Waals surface area contributed by atoms with Crippen LogP contribution in [0.15, 0.2) is 36.4 Å². The SMILES string of the molecule is Cc1cc(Nc2ccc(I)cc2Cl)ccc1C(N)=S. The van der Waals surface area contributed by atoms with Gasteiger partial charge in [-0.1, -0.05) is 23.8 Å². The Balaban J connectivity index is 2.29. The van der Waals surface area contributed by atoms with Gasteiger partial charge in [0, 0.05) is 14.8 Å². The van der Waals surface area contributed by atoms with Gasteiger partial charge < -0.3 is 11.1 Å². The Bertz CT molecular complexity index is 643. The van der Waals surface area contributed by atoms with E-state index in [9.17, 15) is 0 Å². The highest BCUT2D eigenvalue weighted by Crippen LogP contribution is 2.27. The summed E-state index contributed by atoms with van der Waals surface area (Å²) in [5, 5.41) is 3.98. The van der Waals surface area contributed by atoms with Crippen LogP contribution in [0.25, 0.3) is 0 Å². The van der Waals surface area contributed by atoms with Crippen LogP contribution in [0.2, 0.25) is 5.02 Å². The molecule has 2 rings (SSSR count). The second kappa shape index (κ2) is 6.07. The number of halogens is 2. The fourth-order valence-corrected chi connectivity index (χ4v) is 2.90. The Morgan fingerprint density at radius 2 is 2.00 bits per heavy atom. The van der Waals surface area contributed by atoms with E-state index in [2.05, 4.69) is 27.9 Å². The van der Waals surface area contributed by atoms with Crippen molar-refractivity contribution in [3.8, 4) is 0 Å². The minimum absolute atomic E-state index is 0.413. The smallest absolute Gasteiger partial charge is 0.104 e. The molecule has 2 aromatic carbocycles. The van der Waals surface area contributed by atoms with Gasteiger partial charge in [0.1, 0.15) is 4.99 Å². The molecule has 5 heteroatoms. The Morgan fingerprint density at radius 3 is 2.58 bits per heavy atom. The molecule has 0 unspecified atom stereocenters. The zero-order valence-corrected chi connectivity index (χ0v) is 13.9. The summed E-state index contributed by atoms with van der Waals surface area (Å²) in [6.07, 6.45) is 0. The molecule has 0 bridgehead atoms. The standard InChI is InChI=1S/C14H12ClIN2S/c1-8-6-10(3-4-11(8)14(17)19)18-13-5-2-9(16)7-12(13)15/h2-7,18H,1H3,(H2,17,19). The highest BCUT2D eigenvalue weighted by atomic mass is 127. The maximum absolute atomic E-state index is 6.19. The van der Waals surface area contributed by atoms with Gasteiger partial charge in [0.15, 0.2) is 0 Å². The summed E-state index contributed by atoms with van der Waals surface area (Å²) in [5.41, 5.74) is 9.42. The van der Waals surface area contributed by atoms with Crippen molar-refractivity contribution < 1.29 is 0 Å². The van der Waals surface area contributed by atoms with Crippen molar-refractivity contribution in [1.82, 2.24) is 0 Å². The van der Waals surface area contributed by atoms with Crippen molar-refractivity contribution in [1.29, 1.82) is 0 Å². The topological polar surface area (TPSA) is 38.0 Å². The largest absolute Gasteiger partial charge is 0.389 e. The summed E-state index contributed by atoms with van der Waals surface area (Å²) >= 11 is 13.4. The van der Waals surface area contributed by atoms with E-state index in [0.717, 1.165) is 26.1 Å². The van der Waals surface area contributed by atoms with Crippen molar-refractivity contribution in [2.24, 2.45) is 5.73 Å². The molecule has 0 saturated heterocycles. The van der Waals surface area contributed by atoms with Gasteiger partial charge >= 0.3 is 0 Å². The van der Waals surface area contributed by atoms with Crippen LogP contribution in [0.4, 0.5) is 11.4 Å². The molecule has 0 aromatic heterocycles. The lowest BCUT2D eigenvalue weighted by Gasteiger charge is -2.11. The molecule has 0 heterocycles. The lowest BCUT2D eigenvalue weighted by molar-refractivity contribution is 1.42. The van der Waals surface area contributed by atoms with Gasteiger partial charge in [-0.05, 0) is 71.5 Å². The van der Waals surface area contributed by atoms with Crippen molar-refractivity contribution in [3.05, 3.63) is 56.1 Å². The number of thiocarbonyl (C=S) groups is 1. The van der Waals surface area contributed by atoms with Crippen molar-refractivity contribution in [3.63, 3.8) is 0 Å². The molecule has 0 amide bonds. The molecule has 98 valence electrons. The first-order valence-electron chi connectivity index (χ1n) is 5.60. The summed E-state index contributed by atoms with van der Waals surface area (Å²) in [4.78, 5) is 0.413. The molecular formula is C14H12ClIN2S. The normalized spacial score (nSPS) is 10.3. The maximum Gasteiger partial charge on any atom is 0.104 e. The van der Waals surface area contributed by atoms with Gasteiger partial charge in [-0.2, -0.15) is 0 Å². The number of benzene rings is 2. The zero-order chi connectivity index (χ0) is 14.0. The first kappa shape index (κ1) is 14.6. The number of hydrogen-bond donors (Lipinski definition) is 2. The van der Waals surface area contributed by atoms with Gasteiger partial charge in [-0.15, -0.1) is 0 Å². The molecule has 0 atom stereocenters. The highest BCUT2D eigenvalue weighted by Gasteiger charge is 2.05. The number of anilines is 2. The zero-order valence-electron chi connectivity index (χ0n) is 10.2. The van der Waals surface area contributed by atoms with Crippen LogP contribution in [0.5, 0.6) is 0 Å².